The second kappa shape index (κ2) is 13.9. The average molecular weight is 723 g/mol. The number of anilines is 5. The van der Waals surface area contributed by atoms with Crippen molar-refractivity contribution in [2.24, 2.45) is 0 Å². The number of hydrogen-bond acceptors (Lipinski definition) is 3. The lowest BCUT2D eigenvalue weighted by atomic mass is 9.86. The van der Waals surface area contributed by atoms with E-state index in [9.17, 15) is 0 Å². The zero-order chi connectivity index (χ0) is 36.7. The van der Waals surface area contributed by atoms with E-state index in [-0.39, 0.29) is 6.04 Å². The number of para-hydroxylation sites is 2. The van der Waals surface area contributed by atoms with Gasteiger partial charge >= 0.3 is 0 Å². The predicted molar refractivity (Wildman–Crippen MR) is 237 cm³/mol. The van der Waals surface area contributed by atoms with Crippen molar-refractivity contribution in [3.05, 3.63) is 212 Å². The quantitative estimate of drug-likeness (QED) is 0.137. The highest BCUT2D eigenvalue weighted by Gasteiger charge is 2.29. The fourth-order valence-corrected chi connectivity index (χ4v) is 9.44. The topological polar surface area (TPSA) is 6.48 Å². The summed E-state index contributed by atoms with van der Waals surface area (Å²) in [5.74, 6) is 0. The van der Waals surface area contributed by atoms with Crippen molar-refractivity contribution in [1.29, 1.82) is 0 Å². The van der Waals surface area contributed by atoms with Crippen LogP contribution in [0.25, 0.3) is 54.2 Å². The molecule has 1 atom stereocenters. The molecule has 1 aromatic heterocycles. The van der Waals surface area contributed by atoms with Crippen molar-refractivity contribution in [3.8, 4) is 33.4 Å². The van der Waals surface area contributed by atoms with Gasteiger partial charge in [0.05, 0.1) is 17.4 Å². The van der Waals surface area contributed by atoms with E-state index in [4.69, 9.17) is 0 Å². The standard InChI is InChI=1S/C52H38N2S/c1-2-42(53(44-29-25-38(26-30-44)36-15-6-3-7-16-36)45-31-27-39(28-32-45)37-17-8-4-9-18-37)33-41-35-55-49-34-40-19-14-24-48-50(40)52(51(41)49)46-22-12-13-23-47(46)54(48)43-20-10-5-11-21-43/h2-32,34-35,42H,1,33H2. The third-order valence-electron chi connectivity index (χ3n) is 11.0. The molecule has 0 amide bonds. The van der Waals surface area contributed by atoms with Crippen LogP contribution in [0.1, 0.15) is 5.56 Å². The number of benzene rings is 8. The smallest absolute Gasteiger partial charge is 0.0560 e. The van der Waals surface area contributed by atoms with Crippen LogP contribution in [0.5, 0.6) is 0 Å². The summed E-state index contributed by atoms with van der Waals surface area (Å²) in [5.41, 5.74) is 14.6. The fourth-order valence-electron chi connectivity index (χ4n) is 8.42. The number of rotatable bonds is 9. The monoisotopic (exact) mass is 722 g/mol. The first kappa shape index (κ1) is 32.9. The highest BCUT2D eigenvalue weighted by atomic mass is 32.1. The average Bonchev–Trinajstić information content (AvgIpc) is 3.66. The van der Waals surface area contributed by atoms with E-state index in [1.807, 2.05) is 11.3 Å². The molecular formula is C52H38N2S. The van der Waals surface area contributed by atoms with Gasteiger partial charge in [0.2, 0.25) is 0 Å². The molecule has 0 saturated heterocycles. The summed E-state index contributed by atoms with van der Waals surface area (Å²) in [7, 11) is 0. The first-order chi connectivity index (χ1) is 27.2. The van der Waals surface area contributed by atoms with Crippen LogP contribution in [-0.2, 0) is 6.42 Å². The van der Waals surface area contributed by atoms with Crippen LogP contribution in [0.2, 0.25) is 0 Å². The molecule has 55 heavy (non-hydrogen) atoms. The Morgan fingerprint density at radius 1 is 0.545 bits per heavy atom. The third kappa shape index (κ3) is 5.81. The summed E-state index contributed by atoms with van der Waals surface area (Å²) in [6.45, 7) is 4.48. The van der Waals surface area contributed by atoms with Crippen molar-refractivity contribution in [2.45, 2.75) is 12.5 Å². The molecule has 1 aliphatic rings. The molecule has 0 bridgehead atoms. The van der Waals surface area contributed by atoms with Gasteiger partial charge in [0.1, 0.15) is 0 Å². The molecule has 0 fully saturated rings. The molecule has 8 aromatic carbocycles. The van der Waals surface area contributed by atoms with Gasteiger partial charge < -0.3 is 9.80 Å². The van der Waals surface area contributed by atoms with Gasteiger partial charge in [0.25, 0.3) is 0 Å². The Labute approximate surface area is 326 Å². The second-order valence-electron chi connectivity index (χ2n) is 14.2. The van der Waals surface area contributed by atoms with Gasteiger partial charge in [0, 0.05) is 43.7 Å². The molecule has 3 heteroatoms. The molecule has 2 heterocycles. The summed E-state index contributed by atoms with van der Waals surface area (Å²) in [5, 5.41) is 6.30. The molecule has 0 N–H and O–H groups in total. The third-order valence-corrected chi connectivity index (χ3v) is 11.9. The van der Waals surface area contributed by atoms with Gasteiger partial charge in [-0.2, -0.15) is 0 Å². The Morgan fingerprint density at radius 2 is 1.09 bits per heavy atom. The van der Waals surface area contributed by atoms with E-state index in [2.05, 4.69) is 216 Å². The molecule has 0 saturated carbocycles. The number of nitrogens with zero attached hydrogens (tertiary/aromatic N) is 2. The van der Waals surface area contributed by atoms with Crippen LogP contribution < -0.4 is 9.80 Å². The largest absolute Gasteiger partial charge is 0.334 e. The minimum Gasteiger partial charge on any atom is -0.334 e. The van der Waals surface area contributed by atoms with Crippen LogP contribution in [0.4, 0.5) is 28.4 Å². The van der Waals surface area contributed by atoms with Gasteiger partial charge in [-0.3, -0.25) is 0 Å². The van der Waals surface area contributed by atoms with Gasteiger partial charge in [0.15, 0.2) is 0 Å². The van der Waals surface area contributed by atoms with Crippen molar-refractivity contribution in [1.82, 2.24) is 0 Å². The van der Waals surface area contributed by atoms with Gasteiger partial charge in [-0.25, -0.2) is 0 Å². The summed E-state index contributed by atoms with van der Waals surface area (Å²) in [6, 6.07) is 68.0. The van der Waals surface area contributed by atoms with Crippen LogP contribution in [0, 0.1) is 0 Å². The van der Waals surface area contributed by atoms with Crippen molar-refractivity contribution >= 4 is 60.6 Å². The van der Waals surface area contributed by atoms with Gasteiger partial charge in [-0.1, -0.05) is 140 Å². The fraction of sp³-hybridized carbons (Fsp3) is 0.0385. The van der Waals surface area contributed by atoms with Gasteiger partial charge in [-0.05, 0) is 99.6 Å². The lowest BCUT2D eigenvalue weighted by Crippen LogP contribution is -2.31. The minimum absolute atomic E-state index is 0.0132. The van der Waals surface area contributed by atoms with Crippen molar-refractivity contribution in [2.75, 3.05) is 9.80 Å². The maximum Gasteiger partial charge on any atom is 0.0560 e. The minimum atomic E-state index is -0.0132. The Bertz CT molecular complexity index is 2710. The zero-order valence-electron chi connectivity index (χ0n) is 30.3. The molecule has 0 aliphatic carbocycles. The first-order valence-electron chi connectivity index (χ1n) is 18.9. The lowest BCUT2D eigenvalue weighted by molar-refractivity contribution is 0.780. The van der Waals surface area contributed by atoms with Gasteiger partial charge in [-0.15, -0.1) is 17.9 Å². The molecule has 0 spiro atoms. The van der Waals surface area contributed by atoms with E-state index in [0.29, 0.717) is 0 Å². The molecule has 9 aromatic rings. The Balaban J connectivity index is 1.11. The normalized spacial score (nSPS) is 12.4. The van der Waals surface area contributed by atoms with E-state index in [0.717, 1.165) is 23.5 Å². The maximum absolute atomic E-state index is 4.48. The van der Waals surface area contributed by atoms with E-state index >= 15 is 0 Å². The SMILES string of the molecule is C=CC(Cc1csc2cc3cccc4c3c(c12)-c1ccccc1N4c1ccccc1)N(c1ccc(-c2ccccc2)cc1)c1ccc(-c2ccccc2)cc1. The molecule has 10 rings (SSSR count). The van der Waals surface area contributed by atoms with Crippen LogP contribution in [-0.4, -0.2) is 6.04 Å². The number of fused-ring (bicyclic) bond motifs is 4. The van der Waals surface area contributed by atoms with Crippen molar-refractivity contribution < 1.29 is 0 Å². The molecule has 2 nitrogen and oxygen atoms in total. The summed E-state index contributed by atoms with van der Waals surface area (Å²) < 4.78 is 1.31. The summed E-state index contributed by atoms with van der Waals surface area (Å²) >= 11 is 1.85. The number of hydrogen-bond donors (Lipinski definition) is 0. The van der Waals surface area contributed by atoms with Crippen LogP contribution in [0.3, 0.4) is 0 Å². The maximum atomic E-state index is 4.48. The van der Waals surface area contributed by atoms with E-state index in [1.54, 1.807) is 0 Å². The summed E-state index contributed by atoms with van der Waals surface area (Å²) in [4.78, 5) is 4.89. The lowest BCUT2D eigenvalue weighted by Gasteiger charge is -2.34. The second-order valence-corrected chi connectivity index (χ2v) is 15.1. The molecule has 262 valence electrons. The molecule has 1 unspecified atom stereocenters. The Kier molecular flexibility index (Phi) is 8.35. The van der Waals surface area contributed by atoms with Crippen LogP contribution >= 0.6 is 11.3 Å². The molecular weight excluding hydrogens is 685 g/mol. The Hall–Kier alpha value is -6.68. The van der Waals surface area contributed by atoms with Crippen LogP contribution in [0.15, 0.2) is 206 Å². The number of thiophene rings is 1. The highest BCUT2D eigenvalue weighted by molar-refractivity contribution is 7.17. The van der Waals surface area contributed by atoms with Crippen molar-refractivity contribution in [3.63, 3.8) is 0 Å². The molecule has 1 aliphatic heterocycles. The Morgan fingerprint density at radius 3 is 1.71 bits per heavy atom. The predicted octanol–water partition coefficient (Wildman–Crippen LogP) is 14.8. The summed E-state index contributed by atoms with van der Waals surface area (Å²) in [6.07, 6.45) is 2.93. The zero-order valence-corrected chi connectivity index (χ0v) is 31.2. The highest BCUT2D eigenvalue weighted by Crippen LogP contribution is 2.54. The van der Waals surface area contributed by atoms with E-state index in [1.165, 1.54) is 71.2 Å². The molecule has 0 radical (unpaired) electrons. The van der Waals surface area contributed by atoms with E-state index < -0.39 is 0 Å². The first-order valence-corrected chi connectivity index (χ1v) is 19.8.